The molecule has 4 rings (SSSR count). The molecule has 28 heavy (non-hydrogen) atoms. The number of piperazine rings is 1. The largest absolute Gasteiger partial charge is 0.352 e. The number of nitrogens with one attached hydrogen (secondary N) is 1. The number of likely N-dealkylation sites (N-methyl/N-ethyl adjacent to an activating group) is 1. The maximum Gasteiger partial charge on any atom is 0.224 e. The van der Waals surface area contributed by atoms with E-state index in [1.807, 2.05) is 18.2 Å². The van der Waals surface area contributed by atoms with Gasteiger partial charge in [0.1, 0.15) is 0 Å². The molecule has 0 radical (unpaired) electrons. The lowest BCUT2D eigenvalue weighted by Gasteiger charge is -2.32. The van der Waals surface area contributed by atoms with Gasteiger partial charge < -0.3 is 10.2 Å². The lowest BCUT2D eigenvalue weighted by Crippen LogP contribution is -2.43. The van der Waals surface area contributed by atoms with Crippen LogP contribution in [0.5, 0.6) is 0 Å². The van der Waals surface area contributed by atoms with E-state index in [1.54, 1.807) is 0 Å². The van der Waals surface area contributed by atoms with Crippen LogP contribution in [0.25, 0.3) is 0 Å². The number of hydrogen-bond donors (Lipinski definition) is 1. The van der Waals surface area contributed by atoms with E-state index in [0.29, 0.717) is 12.5 Å². The van der Waals surface area contributed by atoms with E-state index in [1.165, 1.54) is 16.7 Å². The van der Waals surface area contributed by atoms with Crippen LogP contribution >= 0.6 is 11.6 Å². The van der Waals surface area contributed by atoms with Crippen LogP contribution in [-0.4, -0.2) is 48.9 Å². The van der Waals surface area contributed by atoms with Crippen molar-refractivity contribution in [1.29, 1.82) is 0 Å². The van der Waals surface area contributed by atoms with Gasteiger partial charge in [-0.15, -0.1) is 0 Å². The van der Waals surface area contributed by atoms with Crippen LogP contribution in [0.15, 0.2) is 48.5 Å². The molecule has 2 unspecified atom stereocenters. The molecule has 1 saturated heterocycles. The molecule has 1 aliphatic heterocycles. The molecule has 1 aliphatic carbocycles. The number of nitrogens with zero attached hydrogens (tertiary/aromatic N) is 2. The molecular formula is C23H28ClN3O. The van der Waals surface area contributed by atoms with Crippen LogP contribution in [0, 0.1) is 5.92 Å². The monoisotopic (exact) mass is 397 g/mol. The van der Waals surface area contributed by atoms with Crippen LogP contribution in [0.3, 0.4) is 0 Å². The molecule has 2 aromatic carbocycles. The van der Waals surface area contributed by atoms with Gasteiger partial charge in [0.15, 0.2) is 0 Å². The Labute approximate surface area is 172 Å². The molecule has 1 saturated carbocycles. The highest BCUT2D eigenvalue weighted by atomic mass is 35.5. The molecule has 2 fully saturated rings. The highest BCUT2D eigenvalue weighted by Gasteiger charge is 2.43. The second-order valence-corrected chi connectivity index (χ2v) is 8.56. The summed E-state index contributed by atoms with van der Waals surface area (Å²) in [6.45, 7) is 6.06. The topological polar surface area (TPSA) is 35.6 Å². The number of rotatable bonds is 6. The fraction of sp³-hybridized carbons (Fsp3) is 0.435. The summed E-state index contributed by atoms with van der Waals surface area (Å²) in [6, 6.07) is 16.5. The SMILES string of the molecule is CN1CCN(Cc2cccc(CNC(=O)C3CC3c3cccc(Cl)c3)c2)CC1. The van der Waals surface area contributed by atoms with Crippen molar-refractivity contribution < 1.29 is 4.79 Å². The highest BCUT2D eigenvalue weighted by molar-refractivity contribution is 6.30. The van der Waals surface area contributed by atoms with Gasteiger partial charge in [-0.3, -0.25) is 9.69 Å². The van der Waals surface area contributed by atoms with Gasteiger partial charge in [-0.2, -0.15) is 0 Å². The highest BCUT2D eigenvalue weighted by Crippen LogP contribution is 2.47. The number of amides is 1. The van der Waals surface area contributed by atoms with E-state index in [-0.39, 0.29) is 11.8 Å². The zero-order chi connectivity index (χ0) is 19.5. The maximum absolute atomic E-state index is 12.5. The average molecular weight is 398 g/mol. The second-order valence-electron chi connectivity index (χ2n) is 8.12. The average Bonchev–Trinajstić information content (AvgIpc) is 3.49. The van der Waals surface area contributed by atoms with Gasteiger partial charge in [0, 0.05) is 50.2 Å². The van der Waals surface area contributed by atoms with Crippen molar-refractivity contribution in [2.75, 3.05) is 33.2 Å². The van der Waals surface area contributed by atoms with Gasteiger partial charge in [-0.25, -0.2) is 0 Å². The van der Waals surface area contributed by atoms with Crippen molar-refractivity contribution >= 4 is 17.5 Å². The van der Waals surface area contributed by atoms with E-state index in [9.17, 15) is 4.79 Å². The third-order valence-corrected chi connectivity index (χ3v) is 6.10. The minimum Gasteiger partial charge on any atom is -0.352 e. The van der Waals surface area contributed by atoms with Crippen molar-refractivity contribution in [2.45, 2.75) is 25.4 Å². The Morgan fingerprint density at radius 3 is 2.61 bits per heavy atom. The minimum absolute atomic E-state index is 0.0759. The number of carbonyl (C=O) groups excluding carboxylic acids is 1. The Balaban J connectivity index is 1.27. The van der Waals surface area contributed by atoms with E-state index < -0.39 is 0 Å². The van der Waals surface area contributed by atoms with Crippen molar-refractivity contribution in [3.05, 3.63) is 70.2 Å². The molecule has 2 atom stereocenters. The molecule has 5 heteroatoms. The third kappa shape index (κ3) is 4.93. The number of hydrogen-bond acceptors (Lipinski definition) is 3. The lowest BCUT2D eigenvalue weighted by atomic mass is 10.1. The summed E-state index contributed by atoms with van der Waals surface area (Å²) in [5.41, 5.74) is 3.65. The quantitative estimate of drug-likeness (QED) is 0.810. The number of carbonyl (C=O) groups is 1. The molecule has 0 spiro atoms. The zero-order valence-corrected chi connectivity index (χ0v) is 17.2. The summed E-state index contributed by atoms with van der Waals surface area (Å²) in [5, 5.41) is 3.86. The Kier molecular flexibility index (Phi) is 6.00. The minimum atomic E-state index is 0.0759. The van der Waals surface area contributed by atoms with Crippen LogP contribution in [0.1, 0.15) is 29.0 Å². The second kappa shape index (κ2) is 8.64. The fourth-order valence-corrected chi connectivity index (χ4v) is 4.21. The van der Waals surface area contributed by atoms with Crippen LogP contribution < -0.4 is 5.32 Å². The summed E-state index contributed by atoms with van der Waals surface area (Å²) in [7, 11) is 2.18. The molecule has 0 aromatic heterocycles. The van der Waals surface area contributed by atoms with Gasteiger partial charge >= 0.3 is 0 Å². The molecule has 4 nitrogen and oxygen atoms in total. The molecule has 2 aliphatic rings. The molecule has 1 amide bonds. The van der Waals surface area contributed by atoms with Crippen molar-refractivity contribution in [3.63, 3.8) is 0 Å². The molecule has 148 valence electrons. The summed E-state index contributed by atoms with van der Waals surface area (Å²) in [6.07, 6.45) is 0.912. The molecule has 1 N–H and O–H groups in total. The van der Waals surface area contributed by atoms with Crippen molar-refractivity contribution in [3.8, 4) is 0 Å². The Bertz CT molecular complexity index is 832. The summed E-state index contributed by atoms with van der Waals surface area (Å²) >= 11 is 6.07. The number of benzene rings is 2. The first-order valence-corrected chi connectivity index (χ1v) is 10.5. The lowest BCUT2D eigenvalue weighted by molar-refractivity contribution is -0.122. The third-order valence-electron chi connectivity index (χ3n) is 5.86. The van der Waals surface area contributed by atoms with Crippen molar-refractivity contribution in [2.24, 2.45) is 5.92 Å². The van der Waals surface area contributed by atoms with Gasteiger partial charge in [0.2, 0.25) is 5.91 Å². The predicted molar refractivity (Wildman–Crippen MR) is 113 cm³/mol. The van der Waals surface area contributed by atoms with Gasteiger partial charge in [-0.05, 0) is 48.2 Å². The van der Waals surface area contributed by atoms with Crippen LogP contribution in [0.2, 0.25) is 5.02 Å². The van der Waals surface area contributed by atoms with Crippen molar-refractivity contribution in [1.82, 2.24) is 15.1 Å². The predicted octanol–water partition coefficient (Wildman–Crippen LogP) is 3.51. The first-order valence-electron chi connectivity index (χ1n) is 10.1. The van der Waals surface area contributed by atoms with Crippen LogP contribution in [-0.2, 0) is 17.9 Å². The van der Waals surface area contributed by atoms with Crippen LogP contribution in [0.4, 0.5) is 0 Å². The Hall–Kier alpha value is -1.88. The summed E-state index contributed by atoms with van der Waals surface area (Å²) in [5.74, 6) is 0.531. The summed E-state index contributed by atoms with van der Waals surface area (Å²) in [4.78, 5) is 17.4. The molecule has 1 heterocycles. The maximum atomic E-state index is 12.5. The molecule has 2 aromatic rings. The number of halogens is 1. The van der Waals surface area contributed by atoms with Gasteiger partial charge in [0.05, 0.1) is 0 Å². The van der Waals surface area contributed by atoms with E-state index in [0.717, 1.165) is 44.2 Å². The van der Waals surface area contributed by atoms with Gasteiger partial charge in [-0.1, -0.05) is 48.0 Å². The first-order chi connectivity index (χ1) is 13.6. The smallest absolute Gasteiger partial charge is 0.224 e. The normalized spacial score (nSPS) is 22.8. The Morgan fingerprint density at radius 1 is 1.07 bits per heavy atom. The van der Waals surface area contributed by atoms with E-state index >= 15 is 0 Å². The summed E-state index contributed by atoms with van der Waals surface area (Å²) < 4.78 is 0. The Morgan fingerprint density at radius 2 is 1.82 bits per heavy atom. The zero-order valence-electron chi connectivity index (χ0n) is 16.4. The fourth-order valence-electron chi connectivity index (χ4n) is 4.01. The van der Waals surface area contributed by atoms with E-state index in [4.69, 9.17) is 11.6 Å². The van der Waals surface area contributed by atoms with Gasteiger partial charge in [0.25, 0.3) is 0 Å². The molecular weight excluding hydrogens is 370 g/mol. The standard InChI is InChI=1S/C23H28ClN3O/c1-26-8-10-27(11-9-26)16-18-5-2-4-17(12-18)15-25-23(28)22-14-21(22)19-6-3-7-20(24)13-19/h2-7,12-13,21-22H,8-11,14-16H2,1H3,(H,25,28). The first kappa shape index (κ1) is 19.4. The van der Waals surface area contributed by atoms with E-state index in [2.05, 4.69) is 52.5 Å². The molecule has 0 bridgehead atoms.